The molecule has 1 fully saturated rings. The smallest absolute Gasteiger partial charge is 0.116 e. The largest absolute Gasteiger partial charge is 0.508 e. The van der Waals surface area contributed by atoms with Crippen molar-refractivity contribution < 1.29 is 10.2 Å². The van der Waals surface area contributed by atoms with Crippen LogP contribution in [0.2, 0.25) is 0 Å². The van der Waals surface area contributed by atoms with Gasteiger partial charge in [0.1, 0.15) is 5.75 Å². The van der Waals surface area contributed by atoms with Crippen LogP contribution in [0, 0.1) is 0 Å². The molecule has 0 heterocycles. The Kier molecular flexibility index (Phi) is 5.14. The lowest BCUT2D eigenvalue weighted by atomic mass is 9.79. The van der Waals surface area contributed by atoms with Crippen LogP contribution in [0.3, 0.4) is 0 Å². The summed E-state index contributed by atoms with van der Waals surface area (Å²) in [5.41, 5.74) is 4.43. The van der Waals surface area contributed by atoms with Gasteiger partial charge in [0.2, 0.25) is 0 Å². The number of benzene rings is 2. The second-order valence-corrected chi connectivity index (χ2v) is 6.27. The van der Waals surface area contributed by atoms with Gasteiger partial charge in [0.05, 0.1) is 6.61 Å². The Hall–Kier alpha value is -2.06. The van der Waals surface area contributed by atoms with E-state index in [4.69, 9.17) is 0 Å². The third-order valence-corrected chi connectivity index (χ3v) is 4.75. The second-order valence-electron chi connectivity index (χ2n) is 6.27. The van der Waals surface area contributed by atoms with Crippen molar-refractivity contribution in [3.8, 4) is 5.75 Å². The third kappa shape index (κ3) is 3.65. The van der Waals surface area contributed by atoms with Crippen LogP contribution in [-0.4, -0.2) is 16.8 Å². The van der Waals surface area contributed by atoms with Crippen molar-refractivity contribution in [1.82, 2.24) is 0 Å². The summed E-state index contributed by atoms with van der Waals surface area (Å²) >= 11 is 0. The van der Waals surface area contributed by atoms with Gasteiger partial charge in [0.15, 0.2) is 0 Å². The van der Waals surface area contributed by atoms with Crippen molar-refractivity contribution in [3.05, 3.63) is 71.3 Å². The summed E-state index contributed by atoms with van der Waals surface area (Å²) in [6.07, 6.45) is 8.13. The van der Waals surface area contributed by atoms with E-state index in [9.17, 15) is 10.2 Å². The van der Waals surface area contributed by atoms with E-state index in [0.717, 1.165) is 16.7 Å². The van der Waals surface area contributed by atoms with Crippen LogP contribution in [0.15, 0.2) is 54.6 Å². The zero-order chi connectivity index (χ0) is 16.1. The molecule has 1 aliphatic rings. The molecule has 0 aromatic heterocycles. The fraction of sp³-hybridized carbons (Fsp3) is 0.333. The van der Waals surface area contributed by atoms with Gasteiger partial charge < -0.3 is 10.2 Å². The Balaban J connectivity index is 2.08. The maximum Gasteiger partial charge on any atom is 0.116 e. The van der Waals surface area contributed by atoms with Crippen LogP contribution < -0.4 is 0 Å². The summed E-state index contributed by atoms with van der Waals surface area (Å²) in [6.45, 7) is -0.00993. The average Bonchev–Trinajstić information content (AvgIpc) is 2.61. The van der Waals surface area contributed by atoms with Crippen LogP contribution in [0.1, 0.15) is 54.7 Å². The van der Waals surface area contributed by atoms with E-state index < -0.39 is 0 Å². The summed E-state index contributed by atoms with van der Waals surface area (Å²) in [7, 11) is 0. The third-order valence-electron chi connectivity index (χ3n) is 4.75. The normalized spacial score (nSPS) is 16.5. The van der Waals surface area contributed by atoms with Gasteiger partial charge in [-0.2, -0.15) is 0 Å². The Bertz CT molecular complexity index is 667. The van der Waals surface area contributed by atoms with Crippen molar-refractivity contribution >= 4 is 5.57 Å². The number of aromatic hydroxyl groups is 1. The van der Waals surface area contributed by atoms with Gasteiger partial charge in [-0.05, 0) is 53.2 Å². The van der Waals surface area contributed by atoms with E-state index >= 15 is 0 Å². The molecule has 0 unspecified atom stereocenters. The minimum atomic E-state index is -0.00993. The first kappa shape index (κ1) is 15.8. The highest BCUT2D eigenvalue weighted by atomic mass is 16.3. The zero-order valence-corrected chi connectivity index (χ0v) is 13.4. The Morgan fingerprint density at radius 1 is 1.00 bits per heavy atom. The van der Waals surface area contributed by atoms with E-state index in [1.165, 1.54) is 37.7 Å². The monoisotopic (exact) mass is 308 g/mol. The molecule has 0 radical (unpaired) electrons. The van der Waals surface area contributed by atoms with Crippen LogP contribution in [-0.2, 0) is 0 Å². The first-order chi connectivity index (χ1) is 11.3. The fourth-order valence-electron chi connectivity index (χ4n) is 3.64. The maximum atomic E-state index is 10.0. The number of hydrogen-bond acceptors (Lipinski definition) is 2. The summed E-state index contributed by atoms with van der Waals surface area (Å²) < 4.78 is 0. The molecule has 23 heavy (non-hydrogen) atoms. The van der Waals surface area contributed by atoms with Crippen molar-refractivity contribution in [2.45, 2.75) is 38.0 Å². The van der Waals surface area contributed by atoms with Gasteiger partial charge in [-0.15, -0.1) is 0 Å². The number of rotatable bonds is 4. The van der Waals surface area contributed by atoms with E-state index in [0.29, 0.717) is 5.92 Å². The quantitative estimate of drug-likeness (QED) is 0.846. The molecule has 2 heteroatoms. The second kappa shape index (κ2) is 7.47. The lowest BCUT2D eigenvalue weighted by molar-refractivity contribution is 0.343. The number of phenolic OH excluding ortho intramolecular Hbond substituents is 1. The molecule has 2 aromatic carbocycles. The van der Waals surface area contributed by atoms with Gasteiger partial charge in [-0.1, -0.05) is 61.7 Å². The van der Waals surface area contributed by atoms with Crippen LogP contribution in [0.25, 0.3) is 5.57 Å². The topological polar surface area (TPSA) is 40.5 Å². The number of aliphatic hydroxyl groups excluding tert-OH is 1. The highest BCUT2D eigenvalue weighted by molar-refractivity contribution is 5.82. The van der Waals surface area contributed by atoms with Crippen molar-refractivity contribution in [2.75, 3.05) is 6.61 Å². The molecule has 2 N–H and O–H groups in total. The SMILES string of the molecule is OC/C=C(/c1ccccc1)c1cc(O)ccc1C1CCCCC1. The van der Waals surface area contributed by atoms with Crippen LogP contribution >= 0.6 is 0 Å². The summed E-state index contributed by atoms with van der Waals surface area (Å²) in [6, 6.07) is 15.8. The standard InChI is InChI=1S/C21H24O2/c22-14-13-20(17-9-5-2-6-10-17)21-15-18(23)11-12-19(21)16-7-3-1-4-8-16/h2,5-6,9-13,15-16,22-23H,1,3-4,7-8,14H2/b20-13-. The number of aliphatic hydroxyl groups is 1. The average molecular weight is 308 g/mol. The van der Waals surface area contributed by atoms with E-state index in [-0.39, 0.29) is 12.4 Å². The zero-order valence-electron chi connectivity index (χ0n) is 13.4. The van der Waals surface area contributed by atoms with Gasteiger partial charge >= 0.3 is 0 Å². The van der Waals surface area contributed by atoms with Crippen LogP contribution in [0.5, 0.6) is 5.75 Å². The van der Waals surface area contributed by atoms with Gasteiger partial charge in [-0.25, -0.2) is 0 Å². The lowest BCUT2D eigenvalue weighted by Gasteiger charge is -2.25. The van der Waals surface area contributed by atoms with E-state index in [1.54, 1.807) is 6.07 Å². The molecule has 0 atom stereocenters. The van der Waals surface area contributed by atoms with Gasteiger partial charge in [0.25, 0.3) is 0 Å². The Labute approximate surface area is 138 Å². The van der Waals surface area contributed by atoms with Crippen molar-refractivity contribution in [1.29, 1.82) is 0 Å². The molecular formula is C21H24O2. The number of hydrogen-bond donors (Lipinski definition) is 2. The molecule has 0 amide bonds. The van der Waals surface area contributed by atoms with Gasteiger partial charge in [0, 0.05) is 0 Å². The fourth-order valence-corrected chi connectivity index (χ4v) is 3.64. The van der Waals surface area contributed by atoms with E-state index in [1.807, 2.05) is 30.3 Å². The summed E-state index contributed by atoms with van der Waals surface area (Å²) in [5, 5.41) is 19.5. The van der Waals surface area contributed by atoms with E-state index in [2.05, 4.69) is 18.2 Å². The predicted molar refractivity (Wildman–Crippen MR) is 94.5 cm³/mol. The highest BCUT2D eigenvalue weighted by Gasteiger charge is 2.20. The highest BCUT2D eigenvalue weighted by Crippen LogP contribution is 2.39. The summed E-state index contributed by atoms with van der Waals surface area (Å²) in [4.78, 5) is 0. The molecule has 2 nitrogen and oxygen atoms in total. The van der Waals surface area contributed by atoms with Crippen molar-refractivity contribution in [3.63, 3.8) is 0 Å². The molecule has 2 aromatic rings. The Morgan fingerprint density at radius 3 is 2.43 bits per heavy atom. The lowest BCUT2D eigenvalue weighted by Crippen LogP contribution is -2.07. The first-order valence-electron chi connectivity index (χ1n) is 8.49. The van der Waals surface area contributed by atoms with Gasteiger partial charge in [-0.3, -0.25) is 0 Å². The molecule has 3 rings (SSSR count). The van der Waals surface area contributed by atoms with Crippen LogP contribution in [0.4, 0.5) is 0 Å². The summed E-state index contributed by atoms with van der Waals surface area (Å²) in [5.74, 6) is 0.824. The molecule has 0 spiro atoms. The molecule has 120 valence electrons. The minimum Gasteiger partial charge on any atom is -0.508 e. The molecular weight excluding hydrogens is 284 g/mol. The predicted octanol–water partition coefficient (Wildman–Crippen LogP) is 4.86. The maximum absolute atomic E-state index is 10.0. The first-order valence-corrected chi connectivity index (χ1v) is 8.49. The molecule has 0 aliphatic heterocycles. The van der Waals surface area contributed by atoms with Crippen molar-refractivity contribution in [2.24, 2.45) is 0 Å². The molecule has 1 saturated carbocycles. The molecule has 1 aliphatic carbocycles. The Morgan fingerprint density at radius 2 is 1.74 bits per heavy atom. The minimum absolute atomic E-state index is 0.00993. The number of phenols is 1. The molecule has 0 saturated heterocycles. The molecule has 0 bridgehead atoms.